The summed E-state index contributed by atoms with van der Waals surface area (Å²) >= 11 is 1.27. The zero-order valence-corrected chi connectivity index (χ0v) is 14.6. The van der Waals surface area contributed by atoms with Gasteiger partial charge in [-0.25, -0.2) is 0 Å². The van der Waals surface area contributed by atoms with Crippen molar-refractivity contribution in [2.75, 3.05) is 18.5 Å². The summed E-state index contributed by atoms with van der Waals surface area (Å²) < 4.78 is 5.54. The molecule has 3 aliphatic rings. The molecule has 25 heavy (non-hydrogen) atoms. The van der Waals surface area contributed by atoms with Gasteiger partial charge in [0.15, 0.2) is 0 Å². The number of likely N-dealkylation sites (tertiary alicyclic amines) is 1. The van der Waals surface area contributed by atoms with E-state index in [0.29, 0.717) is 11.7 Å². The van der Waals surface area contributed by atoms with Crippen LogP contribution in [0.5, 0.6) is 0 Å². The van der Waals surface area contributed by atoms with Crippen molar-refractivity contribution in [2.45, 2.75) is 51.0 Å². The SMILES string of the molecule is O=C(CN1C(=O)CC2(CCCC2)C1=O)Nc1nnc([C@@H]2CCCO2)s1. The van der Waals surface area contributed by atoms with E-state index in [1.165, 1.54) is 11.3 Å². The van der Waals surface area contributed by atoms with Crippen LogP contribution in [0.25, 0.3) is 0 Å². The first kappa shape index (κ1) is 16.6. The number of rotatable bonds is 4. The van der Waals surface area contributed by atoms with Crippen molar-refractivity contribution >= 4 is 34.2 Å². The minimum absolute atomic E-state index is 0.0490. The monoisotopic (exact) mass is 364 g/mol. The lowest BCUT2D eigenvalue weighted by atomic mass is 9.84. The first-order valence-corrected chi connectivity index (χ1v) is 9.49. The maximum absolute atomic E-state index is 12.6. The number of aromatic nitrogens is 2. The number of carbonyl (C=O) groups excluding carboxylic acids is 3. The molecule has 1 aromatic heterocycles. The average Bonchev–Trinajstić information content (AvgIpc) is 3.34. The third-order valence-corrected chi connectivity index (χ3v) is 6.17. The molecule has 0 unspecified atom stereocenters. The van der Waals surface area contributed by atoms with Crippen molar-refractivity contribution in [1.29, 1.82) is 0 Å². The summed E-state index contributed by atoms with van der Waals surface area (Å²) in [6, 6.07) is 0. The van der Waals surface area contributed by atoms with Gasteiger partial charge in [0.05, 0.1) is 5.41 Å². The van der Waals surface area contributed by atoms with Crippen LogP contribution in [0.4, 0.5) is 5.13 Å². The van der Waals surface area contributed by atoms with Gasteiger partial charge in [-0.2, -0.15) is 0 Å². The zero-order valence-electron chi connectivity index (χ0n) is 13.8. The average molecular weight is 364 g/mol. The lowest BCUT2D eigenvalue weighted by Crippen LogP contribution is -2.39. The van der Waals surface area contributed by atoms with E-state index in [0.717, 1.165) is 48.4 Å². The number of imide groups is 1. The van der Waals surface area contributed by atoms with E-state index in [1.807, 2.05) is 0 Å². The fraction of sp³-hybridized carbons (Fsp3) is 0.688. The molecule has 2 saturated heterocycles. The molecule has 8 nitrogen and oxygen atoms in total. The van der Waals surface area contributed by atoms with E-state index >= 15 is 0 Å². The molecule has 3 amide bonds. The molecule has 1 saturated carbocycles. The molecule has 1 aromatic rings. The van der Waals surface area contributed by atoms with E-state index in [2.05, 4.69) is 15.5 Å². The fourth-order valence-electron chi connectivity index (χ4n) is 3.95. The van der Waals surface area contributed by atoms with Crippen molar-refractivity contribution in [2.24, 2.45) is 5.41 Å². The van der Waals surface area contributed by atoms with Gasteiger partial charge in [0.2, 0.25) is 22.9 Å². The molecular formula is C16H20N4O4S. The van der Waals surface area contributed by atoms with Crippen LogP contribution in [0, 0.1) is 5.41 Å². The Morgan fingerprint density at radius 1 is 1.28 bits per heavy atom. The molecule has 0 aromatic carbocycles. The lowest BCUT2D eigenvalue weighted by Gasteiger charge is -2.20. The van der Waals surface area contributed by atoms with Crippen LogP contribution in [0.15, 0.2) is 0 Å². The van der Waals surface area contributed by atoms with Crippen LogP contribution in [0.3, 0.4) is 0 Å². The summed E-state index contributed by atoms with van der Waals surface area (Å²) in [5.41, 5.74) is -0.549. The van der Waals surface area contributed by atoms with Gasteiger partial charge >= 0.3 is 0 Å². The first-order chi connectivity index (χ1) is 12.1. The van der Waals surface area contributed by atoms with E-state index in [9.17, 15) is 14.4 Å². The molecule has 9 heteroatoms. The number of hydrogen-bond donors (Lipinski definition) is 1. The van der Waals surface area contributed by atoms with Crippen molar-refractivity contribution in [3.05, 3.63) is 5.01 Å². The second kappa shape index (κ2) is 6.45. The topological polar surface area (TPSA) is 101 Å². The molecular weight excluding hydrogens is 344 g/mol. The number of nitrogens with zero attached hydrogens (tertiary/aromatic N) is 3. The van der Waals surface area contributed by atoms with Crippen molar-refractivity contribution in [3.8, 4) is 0 Å². The molecule has 0 radical (unpaired) electrons. The van der Waals surface area contributed by atoms with Crippen molar-refractivity contribution in [1.82, 2.24) is 15.1 Å². The Hall–Kier alpha value is -1.87. The van der Waals surface area contributed by atoms with Gasteiger partial charge < -0.3 is 4.74 Å². The molecule has 3 fully saturated rings. The van der Waals surface area contributed by atoms with E-state index in [-0.39, 0.29) is 30.9 Å². The summed E-state index contributed by atoms with van der Waals surface area (Å²) in [6.45, 7) is 0.459. The Bertz CT molecular complexity index is 707. The molecule has 1 aliphatic carbocycles. The Balaban J connectivity index is 1.37. The van der Waals surface area contributed by atoms with E-state index in [4.69, 9.17) is 4.74 Å². The Kier molecular flexibility index (Phi) is 4.28. The van der Waals surface area contributed by atoms with Crippen LogP contribution >= 0.6 is 11.3 Å². The minimum Gasteiger partial charge on any atom is -0.371 e. The summed E-state index contributed by atoms with van der Waals surface area (Å²) in [5.74, 6) is -0.867. The van der Waals surface area contributed by atoms with Gasteiger partial charge in [-0.3, -0.25) is 24.6 Å². The van der Waals surface area contributed by atoms with Gasteiger partial charge in [-0.1, -0.05) is 24.2 Å². The smallest absolute Gasteiger partial charge is 0.246 e. The predicted molar refractivity (Wildman–Crippen MR) is 88.7 cm³/mol. The van der Waals surface area contributed by atoms with Crippen LogP contribution < -0.4 is 5.32 Å². The van der Waals surface area contributed by atoms with Gasteiger partial charge in [0.25, 0.3) is 0 Å². The van der Waals surface area contributed by atoms with E-state index < -0.39 is 11.3 Å². The summed E-state index contributed by atoms with van der Waals surface area (Å²) in [6.07, 6.45) is 5.52. The number of anilines is 1. The molecule has 0 bridgehead atoms. The summed E-state index contributed by atoms with van der Waals surface area (Å²) in [7, 11) is 0. The second-order valence-electron chi connectivity index (χ2n) is 6.94. The Morgan fingerprint density at radius 2 is 2.08 bits per heavy atom. The maximum atomic E-state index is 12.6. The Labute approximate surface area is 148 Å². The summed E-state index contributed by atoms with van der Waals surface area (Å²) in [5, 5.41) is 11.7. The molecule has 3 heterocycles. The highest BCUT2D eigenvalue weighted by Gasteiger charge is 2.52. The first-order valence-electron chi connectivity index (χ1n) is 8.67. The number of amides is 3. The van der Waals surface area contributed by atoms with Crippen LogP contribution in [-0.4, -0.2) is 46.0 Å². The molecule has 1 atom stereocenters. The van der Waals surface area contributed by atoms with Gasteiger partial charge in [-0.15, -0.1) is 10.2 Å². The van der Waals surface area contributed by atoms with Crippen LogP contribution in [0.2, 0.25) is 0 Å². The standard InChI is InChI=1S/C16H20N4O4S/c21-11(17-15-19-18-13(25-15)10-4-3-7-24-10)9-20-12(22)8-16(14(20)23)5-1-2-6-16/h10H,1-9H2,(H,17,19,21)/t10-/m0/s1. The van der Waals surface area contributed by atoms with Crippen LogP contribution in [0.1, 0.15) is 56.1 Å². The number of nitrogens with one attached hydrogen (secondary N) is 1. The largest absolute Gasteiger partial charge is 0.371 e. The second-order valence-corrected chi connectivity index (χ2v) is 7.95. The minimum atomic E-state index is -0.549. The number of hydrogen-bond acceptors (Lipinski definition) is 7. The molecule has 1 spiro atoms. The lowest BCUT2D eigenvalue weighted by molar-refractivity contribution is -0.143. The highest BCUT2D eigenvalue weighted by molar-refractivity contribution is 7.15. The Morgan fingerprint density at radius 3 is 2.80 bits per heavy atom. The molecule has 4 rings (SSSR count). The predicted octanol–water partition coefficient (Wildman–Crippen LogP) is 1.65. The third kappa shape index (κ3) is 3.06. The number of carbonyl (C=O) groups is 3. The normalized spacial score (nSPS) is 25.3. The maximum Gasteiger partial charge on any atom is 0.246 e. The highest BCUT2D eigenvalue weighted by atomic mass is 32.1. The van der Waals surface area contributed by atoms with Gasteiger partial charge in [0, 0.05) is 13.0 Å². The fourth-order valence-corrected chi connectivity index (χ4v) is 4.80. The van der Waals surface area contributed by atoms with Crippen LogP contribution in [-0.2, 0) is 19.1 Å². The molecule has 1 N–H and O–H groups in total. The third-order valence-electron chi connectivity index (χ3n) is 5.24. The molecule has 2 aliphatic heterocycles. The van der Waals surface area contributed by atoms with Gasteiger partial charge in [-0.05, 0) is 25.7 Å². The highest BCUT2D eigenvalue weighted by Crippen LogP contribution is 2.46. The summed E-state index contributed by atoms with van der Waals surface area (Å²) in [4.78, 5) is 38.1. The zero-order chi connectivity index (χ0) is 17.4. The van der Waals surface area contributed by atoms with Crippen molar-refractivity contribution < 1.29 is 19.1 Å². The number of ether oxygens (including phenoxy) is 1. The molecule has 134 valence electrons. The van der Waals surface area contributed by atoms with Gasteiger partial charge in [0.1, 0.15) is 17.7 Å². The van der Waals surface area contributed by atoms with Crippen molar-refractivity contribution in [3.63, 3.8) is 0 Å². The van der Waals surface area contributed by atoms with E-state index in [1.54, 1.807) is 0 Å². The quantitative estimate of drug-likeness (QED) is 0.815.